The molecule has 0 unspecified atom stereocenters. The first kappa shape index (κ1) is 33.0. The summed E-state index contributed by atoms with van der Waals surface area (Å²) >= 11 is 6.40. The maximum absolute atomic E-state index is 13.6. The molecular formula is C35H44ClN3O6S. The largest absolute Gasteiger partial charge is 0.490 e. The van der Waals surface area contributed by atoms with E-state index in [9.17, 15) is 18.3 Å². The van der Waals surface area contributed by atoms with Gasteiger partial charge in [-0.25, -0.2) is 4.72 Å². The molecule has 2 aliphatic heterocycles. The first-order valence-corrected chi connectivity index (χ1v) is 18.1. The van der Waals surface area contributed by atoms with Gasteiger partial charge in [-0.15, -0.1) is 13.2 Å². The van der Waals surface area contributed by atoms with Gasteiger partial charge in [0.15, 0.2) is 0 Å². The van der Waals surface area contributed by atoms with Crippen LogP contribution in [0, 0.1) is 11.8 Å². The zero-order valence-electron chi connectivity index (χ0n) is 26.2. The number of aliphatic hydroxyl groups is 1. The van der Waals surface area contributed by atoms with Crippen molar-refractivity contribution in [1.29, 1.82) is 0 Å². The van der Waals surface area contributed by atoms with Crippen LogP contribution in [0.1, 0.15) is 60.0 Å². The third-order valence-corrected chi connectivity index (χ3v) is 11.9. The predicted molar refractivity (Wildman–Crippen MR) is 180 cm³/mol. The highest BCUT2D eigenvalue weighted by Crippen LogP contribution is 2.46. The first-order chi connectivity index (χ1) is 22.1. The van der Waals surface area contributed by atoms with Crippen LogP contribution in [0.4, 0.5) is 5.69 Å². The summed E-state index contributed by atoms with van der Waals surface area (Å²) in [5.41, 5.74) is 3.12. The fourth-order valence-electron chi connectivity index (χ4n) is 7.66. The Bertz CT molecular complexity index is 1580. The van der Waals surface area contributed by atoms with Crippen molar-refractivity contribution in [3.05, 3.63) is 83.4 Å². The molecule has 1 saturated carbocycles. The molecule has 0 aromatic heterocycles. The molecule has 2 fully saturated rings. The normalized spacial score (nSPS) is 26.3. The molecule has 2 aromatic rings. The van der Waals surface area contributed by atoms with Gasteiger partial charge in [0.25, 0.3) is 5.91 Å². The van der Waals surface area contributed by atoms with E-state index in [-0.39, 0.29) is 42.0 Å². The van der Waals surface area contributed by atoms with Crippen molar-refractivity contribution in [2.45, 2.75) is 62.6 Å². The second-order valence-electron chi connectivity index (χ2n) is 13.2. The zero-order chi connectivity index (χ0) is 32.5. The zero-order valence-corrected chi connectivity index (χ0v) is 27.8. The van der Waals surface area contributed by atoms with Crippen LogP contribution in [0.2, 0.25) is 5.02 Å². The number of benzene rings is 2. The van der Waals surface area contributed by atoms with Crippen LogP contribution in [0.25, 0.3) is 0 Å². The minimum Gasteiger partial charge on any atom is -0.490 e. The highest BCUT2D eigenvalue weighted by atomic mass is 35.5. The number of carbonyl (C=O) groups excluding carboxylic acids is 1. The maximum atomic E-state index is 13.6. The fraction of sp³-hybridized carbons (Fsp3) is 0.514. The Morgan fingerprint density at radius 1 is 1.20 bits per heavy atom. The van der Waals surface area contributed by atoms with Crippen molar-refractivity contribution in [1.82, 2.24) is 9.03 Å². The summed E-state index contributed by atoms with van der Waals surface area (Å²) in [6.45, 7) is 10.1. The van der Waals surface area contributed by atoms with Gasteiger partial charge in [0.05, 0.1) is 24.5 Å². The number of ether oxygens (including phenoxy) is 2. The summed E-state index contributed by atoms with van der Waals surface area (Å²) in [6, 6.07) is 11.2. The Morgan fingerprint density at radius 2 is 2.04 bits per heavy atom. The molecule has 9 nitrogen and oxygen atoms in total. The number of amides is 1. The summed E-state index contributed by atoms with van der Waals surface area (Å²) < 4.78 is 42.4. The molecule has 2 N–H and O–H groups in total. The standard InChI is InChI=1S/C35H44ClN3O6S/c1-3-16-39(21-28-8-6-17-44-28)46(42,43)37-34(41)25-10-14-33-31(19-25)38(20-26-9-12-29(26)32(40)4-2)22-35(23-45-33)15-5-7-24-18-27(36)11-13-30(24)35/h3-4,10-11,13-14,18-19,26,28-29,32,40H,1-2,5-9,12,15-17,20-23H2,(H,37,41)/t26-,28-,29+,32-,35-/m0/s1. The van der Waals surface area contributed by atoms with Crippen LogP contribution in [-0.4, -0.2) is 75.3 Å². The van der Waals surface area contributed by atoms with Gasteiger partial charge in [-0.05, 0) is 98.2 Å². The van der Waals surface area contributed by atoms with E-state index in [0.717, 1.165) is 50.6 Å². The Hall–Kier alpha value is -2.89. The number of nitrogens with zero attached hydrogens (tertiary/aromatic N) is 2. The van der Waals surface area contributed by atoms with Gasteiger partial charge in [0.1, 0.15) is 5.75 Å². The molecule has 2 aromatic carbocycles. The van der Waals surface area contributed by atoms with Crippen LogP contribution >= 0.6 is 11.6 Å². The van der Waals surface area contributed by atoms with Gasteiger partial charge >= 0.3 is 10.2 Å². The van der Waals surface area contributed by atoms with Gasteiger partial charge in [-0.3, -0.25) is 4.79 Å². The van der Waals surface area contributed by atoms with Gasteiger partial charge in [-0.1, -0.05) is 29.8 Å². The van der Waals surface area contributed by atoms with Crippen molar-refractivity contribution in [3.8, 4) is 5.75 Å². The molecule has 0 radical (unpaired) electrons. The van der Waals surface area contributed by atoms with E-state index in [1.807, 2.05) is 6.07 Å². The van der Waals surface area contributed by atoms with Gasteiger partial charge in [-0.2, -0.15) is 12.7 Å². The molecule has 248 valence electrons. The molecule has 2 heterocycles. The number of carbonyl (C=O) groups is 1. The molecule has 1 saturated heterocycles. The lowest BCUT2D eigenvalue weighted by molar-refractivity contribution is 0.0460. The molecule has 2 aliphatic carbocycles. The third kappa shape index (κ3) is 6.73. The number of nitrogens with one attached hydrogen (secondary N) is 1. The number of anilines is 1. The molecule has 11 heteroatoms. The highest BCUT2D eigenvalue weighted by Gasteiger charge is 2.44. The third-order valence-electron chi connectivity index (χ3n) is 10.2. The lowest BCUT2D eigenvalue weighted by Crippen LogP contribution is -2.49. The number of rotatable bonds is 11. The monoisotopic (exact) mass is 669 g/mol. The summed E-state index contributed by atoms with van der Waals surface area (Å²) in [5, 5.41) is 11.3. The van der Waals surface area contributed by atoms with Crippen molar-refractivity contribution < 1.29 is 27.8 Å². The Labute approximate surface area is 277 Å². The van der Waals surface area contributed by atoms with E-state index in [0.29, 0.717) is 37.1 Å². The summed E-state index contributed by atoms with van der Waals surface area (Å²) in [6.07, 6.45) is 8.75. The van der Waals surface area contributed by atoms with E-state index >= 15 is 0 Å². The van der Waals surface area contributed by atoms with Crippen LogP contribution in [0.5, 0.6) is 5.75 Å². The number of aliphatic hydroxyl groups excluding tert-OH is 1. The molecule has 0 bridgehead atoms. The van der Waals surface area contributed by atoms with E-state index in [2.05, 4.69) is 34.9 Å². The molecule has 1 spiro atoms. The van der Waals surface area contributed by atoms with Gasteiger partial charge < -0.3 is 19.5 Å². The summed E-state index contributed by atoms with van der Waals surface area (Å²) in [7, 11) is -4.16. The minimum atomic E-state index is -4.16. The summed E-state index contributed by atoms with van der Waals surface area (Å²) in [4.78, 5) is 15.8. The van der Waals surface area contributed by atoms with Crippen LogP contribution < -0.4 is 14.4 Å². The average molecular weight is 670 g/mol. The minimum absolute atomic E-state index is 0.0577. The van der Waals surface area contributed by atoms with Crippen molar-refractivity contribution in [2.75, 3.05) is 44.3 Å². The molecule has 46 heavy (non-hydrogen) atoms. The quantitative estimate of drug-likeness (QED) is 0.323. The molecule has 1 amide bonds. The van der Waals surface area contributed by atoms with Crippen LogP contribution in [0.15, 0.2) is 61.7 Å². The summed E-state index contributed by atoms with van der Waals surface area (Å²) in [5.74, 6) is 0.260. The Morgan fingerprint density at radius 3 is 2.76 bits per heavy atom. The van der Waals surface area contributed by atoms with E-state index < -0.39 is 22.2 Å². The Balaban J connectivity index is 1.30. The first-order valence-electron chi connectivity index (χ1n) is 16.3. The molecule has 4 aliphatic rings. The average Bonchev–Trinajstić information content (AvgIpc) is 3.49. The SMILES string of the molecule is C=CCN(C[C@@H]1CCCO1)S(=O)(=O)NC(=O)c1ccc2c(c1)N(C[C@@H]1CC[C@H]1[C@@H](O)C=C)C[C@@]1(CCCc3cc(Cl)ccc31)CO2. The number of hydrogen-bond acceptors (Lipinski definition) is 7. The number of hydrogen-bond donors (Lipinski definition) is 2. The second-order valence-corrected chi connectivity index (χ2v) is 15.3. The van der Waals surface area contributed by atoms with Crippen molar-refractivity contribution in [3.63, 3.8) is 0 Å². The number of aryl methyl sites for hydroxylation is 1. The van der Waals surface area contributed by atoms with Crippen molar-refractivity contribution in [2.24, 2.45) is 11.8 Å². The Kier molecular flexibility index (Phi) is 9.83. The number of fused-ring (bicyclic) bond motifs is 3. The topological polar surface area (TPSA) is 108 Å². The second kappa shape index (κ2) is 13.7. The van der Waals surface area contributed by atoms with Crippen molar-refractivity contribution >= 4 is 33.4 Å². The molecule has 6 rings (SSSR count). The fourth-order valence-corrected chi connectivity index (χ4v) is 9.00. The van der Waals surface area contributed by atoms with E-state index in [4.69, 9.17) is 21.1 Å². The molecular weight excluding hydrogens is 626 g/mol. The number of halogens is 1. The predicted octanol–water partition coefficient (Wildman–Crippen LogP) is 5.03. The van der Waals surface area contributed by atoms with Gasteiger partial charge in [0.2, 0.25) is 0 Å². The van der Waals surface area contributed by atoms with Crippen LogP contribution in [0.3, 0.4) is 0 Å². The highest BCUT2D eigenvalue weighted by molar-refractivity contribution is 7.87. The van der Waals surface area contributed by atoms with E-state index in [1.54, 1.807) is 24.3 Å². The van der Waals surface area contributed by atoms with Crippen LogP contribution in [-0.2, 0) is 26.8 Å². The molecule has 5 atom stereocenters. The maximum Gasteiger partial charge on any atom is 0.304 e. The van der Waals surface area contributed by atoms with E-state index in [1.165, 1.54) is 21.5 Å². The van der Waals surface area contributed by atoms with Gasteiger partial charge in [0, 0.05) is 48.8 Å². The lowest BCUT2D eigenvalue weighted by atomic mass is 9.68. The smallest absolute Gasteiger partial charge is 0.304 e. The lowest BCUT2D eigenvalue weighted by Gasteiger charge is -2.45.